The molecule has 0 unspecified atom stereocenters. The third-order valence-electron chi connectivity index (χ3n) is 3.92. The number of hydrogen-bond donors (Lipinski definition) is 0. The Morgan fingerprint density at radius 1 is 1.25 bits per heavy atom. The van der Waals surface area contributed by atoms with Crippen molar-refractivity contribution in [3.05, 3.63) is 27.7 Å². The van der Waals surface area contributed by atoms with E-state index in [2.05, 4.69) is 15.9 Å². The fraction of sp³-hybridized carbons (Fsp3) is 0.533. The van der Waals surface area contributed by atoms with E-state index in [0.717, 1.165) is 4.47 Å². The molecule has 9 heteroatoms. The van der Waals surface area contributed by atoms with E-state index in [9.17, 15) is 13.2 Å². The van der Waals surface area contributed by atoms with Gasteiger partial charge in [-0.1, -0.05) is 27.5 Å². The van der Waals surface area contributed by atoms with Crippen molar-refractivity contribution in [3.8, 4) is 0 Å². The van der Waals surface area contributed by atoms with Crippen molar-refractivity contribution in [3.63, 3.8) is 0 Å². The minimum Gasteiger partial charge on any atom is -0.348 e. The number of nitrogens with zero attached hydrogens (tertiary/aromatic N) is 3. The topological polar surface area (TPSA) is 60.9 Å². The van der Waals surface area contributed by atoms with Crippen LogP contribution in [0.3, 0.4) is 0 Å². The van der Waals surface area contributed by atoms with Crippen LogP contribution in [0.5, 0.6) is 0 Å². The Labute approximate surface area is 156 Å². The quantitative estimate of drug-likeness (QED) is 0.720. The molecule has 1 aliphatic heterocycles. The first-order valence-electron chi connectivity index (χ1n) is 7.59. The third-order valence-corrected chi connectivity index (χ3v) is 6.79. The van der Waals surface area contributed by atoms with Gasteiger partial charge in [0.2, 0.25) is 15.9 Å². The third kappa shape index (κ3) is 4.70. The van der Waals surface area contributed by atoms with Crippen LogP contribution in [0.1, 0.15) is 6.42 Å². The molecule has 6 nitrogen and oxygen atoms in total. The van der Waals surface area contributed by atoms with E-state index in [-0.39, 0.29) is 15.8 Å². The summed E-state index contributed by atoms with van der Waals surface area (Å²) in [7, 11) is -0.213. The van der Waals surface area contributed by atoms with Gasteiger partial charge in [-0.15, -0.1) is 0 Å². The lowest BCUT2D eigenvalue weighted by molar-refractivity contribution is -0.129. The second-order valence-electron chi connectivity index (χ2n) is 5.90. The molecular formula is C15H21BrClN3O3S. The SMILES string of the molecule is CN(C)C(=O)CN1CCCN(S(=O)(=O)c2ccc(Br)cc2Cl)CC1. The molecule has 1 fully saturated rings. The Morgan fingerprint density at radius 3 is 2.58 bits per heavy atom. The number of carbonyl (C=O) groups excluding carboxylic acids is 1. The lowest BCUT2D eigenvalue weighted by Crippen LogP contribution is -2.39. The van der Waals surface area contributed by atoms with Crippen LogP contribution < -0.4 is 0 Å². The number of likely N-dealkylation sites (N-methyl/N-ethyl adjacent to an activating group) is 1. The molecule has 0 spiro atoms. The molecule has 2 rings (SSSR count). The molecule has 0 bridgehead atoms. The molecule has 1 aliphatic rings. The van der Waals surface area contributed by atoms with Gasteiger partial charge in [0.15, 0.2) is 0 Å². The summed E-state index contributed by atoms with van der Waals surface area (Å²) in [5, 5.41) is 0.202. The first-order valence-corrected chi connectivity index (χ1v) is 10.2. The standard InChI is InChI=1S/C15H21BrClN3O3S/c1-18(2)15(21)11-19-6-3-7-20(9-8-19)24(22,23)14-5-4-12(16)10-13(14)17/h4-5,10H,3,6-9,11H2,1-2H3. The van der Waals surface area contributed by atoms with Gasteiger partial charge in [-0.3, -0.25) is 9.69 Å². The van der Waals surface area contributed by atoms with Crippen LogP contribution >= 0.6 is 27.5 Å². The molecule has 1 aromatic rings. The van der Waals surface area contributed by atoms with E-state index in [4.69, 9.17) is 11.6 Å². The smallest absolute Gasteiger partial charge is 0.244 e. The van der Waals surface area contributed by atoms with Gasteiger partial charge in [0, 0.05) is 38.2 Å². The van der Waals surface area contributed by atoms with Crippen molar-refractivity contribution in [2.45, 2.75) is 11.3 Å². The molecule has 0 radical (unpaired) electrons. The van der Waals surface area contributed by atoms with Crippen LogP contribution in [0.15, 0.2) is 27.6 Å². The number of sulfonamides is 1. The molecule has 1 amide bonds. The number of carbonyl (C=O) groups is 1. The van der Waals surface area contributed by atoms with Gasteiger partial charge >= 0.3 is 0 Å². The van der Waals surface area contributed by atoms with Crippen molar-refractivity contribution in [2.75, 3.05) is 46.8 Å². The van der Waals surface area contributed by atoms with Gasteiger partial charge in [-0.2, -0.15) is 4.31 Å². The highest BCUT2D eigenvalue weighted by Crippen LogP contribution is 2.28. The lowest BCUT2D eigenvalue weighted by Gasteiger charge is -2.22. The van der Waals surface area contributed by atoms with E-state index >= 15 is 0 Å². The zero-order valence-electron chi connectivity index (χ0n) is 13.7. The van der Waals surface area contributed by atoms with Crippen LogP contribution in [0.2, 0.25) is 5.02 Å². The summed E-state index contributed by atoms with van der Waals surface area (Å²) in [5.41, 5.74) is 0. The maximum absolute atomic E-state index is 12.8. The molecule has 1 aromatic carbocycles. The molecule has 0 N–H and O–H groups in total. The number of rotatable bonds is 4. The summed E-state index contributed by atoms with van der Waals surface area (Å²) < 4.78 is 27.9. The summed E-state index contributed by atoms with van der Waals surface area (Å²) in [6, 6.07) is 4.76. The van der Waals surface area contributed by atoms with Crippen LogP contribution in [0.4, 0.5) is 0 Å². The first-order chi connectivity index (χ1) is 11.2. The monoisotopic (exact) mass is 437 g/mol. The van der Waals surface area contributed by atoms with Gasteiger partial charge < -0.3 is 4.90 Å². The van der Waals surface area contributed by atoms with Gasteiger partial charge in [0.25, 0.3) is 0 Å². The average Bonchev–Trinajstić information content (AvgIpc) is 2.72. The second-order valence-corrected chi connectivity index (χ2v) is 9.13. The van der Waals surface area contributed by atoms with Crippen LogP contribution in [0.25, 0.3) is 0 Å². The highest BCUT2D eigenvalue weighted by Gasteiger charge is 2.29. The van der Waals surface area contributed by atoms with E-state index in [0.29, 0.717) is 39.1 Å². The molecule has 0 aromatic heterocycles. The Kier molecular flexibility index (Phi) is 6.66. The summed E-state index contributed by atoms with van der Waals surface area (Å²) in [4.78, 5) is 15.5. The lowest BCUT2D eigenvalue weighted by atomic mass is 10.4. The van der Waals surface area contributed by atoms with E-state index < -0.39 is 10.0 Å². The highest BCUT2D eigenvalue weighted by molar-refractivity contribution is 9.10. The van der Waals surface area contributed by atoms with Gasteiger partial charge in [0.05, 0.1) is 11.6 Å². The molecule has 134 valence electrons. The van der Waals surface area contributed by atoms with Gasteiger partial charge in [-0.25, -0.2) is 8.42 Å². The zero-order valence-corrected chi connectivity index (χ0v) is 16.9. The molecule has 24 heavy (non-hydrogen) atoms. The van der Waals surface area contributed by atoms with Crippen molar-refractivity contribution < 1.29 is 13.2 Å². The maximum Gasteiger partial charge on any atom is 0.244 e. The summed E-state index contributed by atoms with van der Waals surface area (Å²) >= 11 is 9.39. The fourth-order valence-corrected chi connectivity index (χ4v) is 4.98. The largest absolute Gasteiger partial charge is 0.348 e. The Morgan fingerprint density at radius 2 is 1.96 bits per heavy atom. The van der Waals surface area contributed by atoms with E-state index in [1.807, 2.05) is 4.90 Å². The summed E-state index contributed by atoms with van der Waals surface area (Å²) in [5.74, 6) is 0.0160. The van der Waals surface area contributed by atoms with Gasteiger partial charge in [0.1, 0.15) is 4.90 Å². The van der Waals surface area contributed by atoms with Crippen LogP contribution in [0, 0.1) is 0 Å². The molecule has 1 saturated heterocycles. The molecular weight excluding hydrogens is 418 g/mol. The maximum atomic E-state index is 12.8. The Hall–Kier alpha value is -0.670. The second kappa shape index (κ2) is 8.14. The number of hydrogen-bond acceptors (Lipinski definition) is 4. The summed E-state index contributed by atoms with van der Waals surface area (Å²) in [6.07, 6.45) is 0.675. The van der Waals surface area contributed by atoms with E-state index in [1.165, 1.54) is 10.4 Å². The van der Waals surface area contributed by atoms with Crippen molar-refractivity contribution in [1.29, 1.82) is 0 Å². The number of halogens is 2. The van der Waals surface area contributed by atoms with Crippen molar-refractivity contribution in [2.24, 2.45) is 0 Å². The van der Waals surface area contributed by atoms with E-state index in [1.54, 1.807) is 31.1 Å². The van der Waals surface area contributed by atoms with Crippen molar-refractivity contribution >= 4 is 43.5 Å². The predicted molar refractivity (Wildman–Crippen MR) is 97.7 cm³/mol. The molecule has 0 aliphatic carbocycles. The van der Waals surface area contributed by atoms with Crippen LogP contribution in [-0.4, -0.2) is 75.2 Å². The minimum absolute atomic E-state index is 0.0160. The Balaban J connectivity index is 2.11. The number of amides is 1. The Bertz CT molecular complexity index is 712. The zero-order chi connectivity index (χ0) is 17.9. The first kappa shape index (κ1) is 19.7. The molecule has 1 heterocycles. The summed E-state index contributed by atoms with van der Waals surface area (Å²) in [6.45, 7) is 2.28. The van der Waals surface area contributed by atoms with Crippen molar-refractivity contribution in [1.82, 2.24) is 14.1 Å². The minimum atomic E-state index is -3.64. The normalized spacial score (nSPS) is 17.5. The van der Waals surface area contributed by atoms with Gasteiger partial charge in [-0.05, 0) is 31.2 Å². The fourth-order valence-electron chi connectivity index (χ4n) is 2.50. The molecule has 0 saturated carbocycles. The molecule has 0 atom stereocenters. The number of benzene rings is 1. The van der Waals surface area contributed by atoms with Crippen LogP contribution in [-0.2, 0) is 14.8 Å². The average molecular weight is 439 g/mol. The predicted octanol–water partition coefficient (Wildman–Crippen LogP) is 1.89. The highest BCUT2D eigenvalue weighted by atomic mass is 79.9.